The van der Waals surface area contributed by atoms with Gasteiger partial charge in [0.05, 0.1) is 5.69 Å². The van der Waals surface area contributed by atoms with Gasteiger partial charge in [-0.1, -0.05) is 67.8 Å². The molecule has 4 nitrogen and oxygen atoms in total. The number of hydrogen-bond acceptors (Lipinski definition) is 2. The van der Waals surface area contributed by atoms with Crippen LogP contribution in [0.5, 0.6) is 0 Å². The predicted octanol–water partition coefficient (Wildman–Crippen LogP) is 6.46. The molecule has 0 unspecified atom stereocenters. The van der Waals surface area contributed by atoms with Crippen molar-refractivity contribution in [3.05, 3.63) is 83.9 Å². The van der Waals surface area contributed by atoms with Gasteiger partial charge in [-0.25, -0.2) is 15.2 Å². The molecule has 0 atom stereocenters. The minimum atomic E-state index is -0.176. The van der Waals surface area contributed by atoms with E-state index in [9.17, 15) is 4.79 Å². The summed E-state index contributed by atoms with van der Waals surface area (Å²) in [6, 6.07) is 24.8. The molecule has 0 bridgehead atoms. The van der Waals surface area contributed by atoms with Gasteiger partial charge in [-0.2, -0.15) is 0 Å². The summed E-state index contributed by atoms with van der Waals surface area (Å²) < 4.78 is 0. The molecule has 30 heavy (non-hydrogen) atoms. The van der Waals surface area contributed by atoms with Gasteiger partial charge in [0.1, 0.15) is 0 Å². The summed E-state index contributed by atoms with van der Waals surface area (Å²) in [6.45, 7) is 0.644. The molecule has 2 amide bonds. The summed E-state index contributed by atoms with van der Waals surface area (Å²) >= 11 is 0. The van der Waals surface area contributed by atoms with Crippen molar-refractivity contribution in [3.8, 4) is 11.1 Å². The zero-order valence-corrected chi connectivity index (χ0v) is 17.1. The zero-order chi connectivity index (χ0) is 20.3. The van der Waals surface area contributed by atoms with Crippen LogP contribution >= 0.6 is 0 Å². The molecule has 0 radical (unpaired) electrons. The van der Waals surface area contributed by atoms with E-state index in [0.717, 1.165) is 22.9 Å². The Kier molecular flexibility index (Phi) is 5.24. The summed E-state index contributed by atoms with van der Waals surface area (Å²) in [5, 5.41) is 4.53. The SMILES string of the molecule is O=C(Nc1ccccc1)N1NCc2cc(-c3ccc(C4CCCCC4)cc3)ccc21. The van der Waals surface area contributed by atoms with Crippen LogP contribution in [0.25, 0.3) is 11.1 Å². The second-order valence-electron chi connectivity index (χ2n) is 8.27. The fourth-order valence-electron chi connectivity index (χ4n) is 4.64. The molecule has 0 spiro atoms. The number of carbonyl (C=O) groups excluding carboxylic acids is 1. The molecule has 1 saturated carbocycles. The highest BCUT2D eigenvalue weighted by atomic mass is 16.2. The van der Waals surface area contributed by atoms with Crippen LogP contribution in [0.4, 0.5) is 16.2 Å². The lowest BCUT2D eigenvalue weighted by molar-refractivity contribution is 0.255. The largest absolute Gasteiger partial charge is 0.340 e. The number of amides is 2. The van der Waals surface area contributed by atoms with Gasteiger partial charge < -0.3 is 5.32 Å². The minimum absolute atomic E-state index is 0.176. The van der Waals surface area contributed by atoms with Crippen molar-refractivity contribution in [1.82, 2.24) is 5.43 Å². The van der Waals surface area contributed by atoms with E-state index >= 15 is 0 Å². The fourth-order valence-corrected chi connectivity index (χ4v) is 4.64. The molecule has 2 aliphatic rings. The van der Waals surface area contributed by atoms with E-state index in [2.05, 4.69) is 47.1 Å². The molecule has 152 valence electrons. The van der Waals surface area contributed by atoms with Crippen molar-refractivity contribution in [2.75, 3.05) is 10.3 Å². The lowest BCUT2D eigenvalue weighted by atomic mass is 9.83. The molecule has 2 N–H and O–H groups in total. The summed E-state index contributed by atoms with van der Waals surface area (Å²) in [4.78, 5) is 12.7. The van der Waals surface area contributed by atoms with E-state index in [0.29, 0.717) is 6.54 Å². The van der Waals surface area contributed by atoms with E-state index < -0.39 is 0 Å². The molecule has 0 aromatic heterocycles. The second kappa shape index (κ2) is 8.33. The molecule has 1 heterocycles. The van der Waals surface area contributed by atoms with Crippen molar-refractivity contribution >= 4 is 17.4 Å². The highest BCUT2D eigenvalue weighted by Gasteiger charge is 2.25. The lowest BCUT2D eigenvalue weighted by Crippen LogP contribution is -2.41. The topological polar surface area (TPSA) is 44.4 Å². The van der Waals surface area contributed by atoms with E-state index in [1.54, 1.807) is 5.01 Å². The number of urea groups is 1. The van der Waals surface area contributed by atoms with E-state index in [1.807, 2.05) is 36.4 Å². The lowest BCUT2D eigenvalue weighted by Gasteiger charge is -2.22. The fraction of sp³-hybridized carbons (Fsp3) is 0.269. The third-order valence-electron chi connectivity index (χ3n) is 6.30. The van der Waals surface area contributed by atoms with Gasteiger partial charge in [0, 0.05) is 12.2 Å². The van der Waals surface area contributed by atoms with Crippen LogP contribution in [-0.2, 0) is 6.54 Å². The van der Waals surface area contributed by atoms with Gasteiger partial charge in [0.25, 0.3) is 0 Å². The summed E-state index contributed by atoms with van der Waals surface area (Å²) in [6.07, 6.45) is 6.75. The van der Waals surface area contributed by atoms with Gasteiger partial charge in [0.15, 0.2) is 0 Å². The number of fused-ring (bicyclic) bond motifs is 1. The monoisotopic (exact) mass is 397 g/mol. The van der Waals surface area contributed by atoms with Gasteiger partial charge in [-0.05, 0) is 65.3 Å². The van der Waals surface area contributed by atoms with Crippen molar-refractivity contribution in [2.24, 2.45) is 0 Å². The summed E-state index contributed by atoms with van der Waals surface area (Å²) in [5.41, 5.74) is 9.91. The van der Waals surface area contributed by atoms with Crippen molar-refractivity contribution < 1.29 is 4.79 Å². The van der Waals surface area contributed by atoms with Crippen LogP contribution in [0.3, 0.4) is 0 Å². The first-order chi connectivity index (χ1) is 14.8. The molecule has 1 aliphatic carbocycles. The summed E-state index contributed by atoms with van der Waals surface area (Å²) in [7, 11) is 0. The first-order valence-corrected chi connectivity index (χ1v) is 10.9. The normalized spacial score (nSPS) is 16.3. The van der Waals surface area contributed by atoms with Crippen LogP contribution in [0, 0.1) is 0 Å². The maximum atomic E-state index is 12.7. The molecule has 0 saturated heterocycles. The average Bonchev–Trinajstić information content (AvgIpc) is 3.24. The first-order valence-electron chi connectivity index (χ1n) is 10.9. The molecule has 5 rings (SSSR count). The Balaban J connectivity index is 1.32. The molecular formula is C26H27N3O. The maximum absolute atomic E-state index is 12.7. The number of carbonyl (C=O) groups is 1. The highest BCUT2D eigenvalue weighted by molar-refractivity contribution is 6.02. The molecule has 3 aromatic rings. The number of hydrogen-bond donors (Lipinski definition) is 2. The third kappa shape index (κ3) is 3.83. The van der Waals surface area contributed by atoms with E-state index in [1.165, 1.54) is 48.8 Å². The maximum Gasteiger partial charge on any atom is 0.340 e. The van der Waals surface area contributed by atoms with E-state index in [4.69, 9.17) is 0 Å². The van der Waals surface area contributed by atoms with Gasteiger partial charge in [-0.15, -0.1) is 0 Å². The predicted molar refractivity (Wildman–Crippen MR) is 122 cm³/mol. The zero-order valence-electron chi connectivity index (χ0n) is 17.1. The van der Waals surface area contributed by atoms with Crippen LogP contribution in [0.2, 0.25) is 0 Å². The molecule has 1 fully saturated rings. The molecular weight excluding hydrogens is 370 g/mol. The number of rotatable bonds is 3. The van der Waals surface area contributed by atoms with Gasteiger partial charge in [-0.3, -0.25) is 0 Å². The Bertz CT molecular complexity index is 1020. The second-order valence-corrected chi connectivity index (χ2v) is 8.27. The number of anilines is 2. The van der Waals surface area contributed by atoms with Gasteiger partial charge >= 0.3 is 6.03 Å². The smallest absolute Gasteiger partial charge is 0.306 e. The first kappa shape index (κ1) is 18.9. The number of nitrogens with one attached hydrogen (secondary N) is 2. The number of hydrazine groups is 1. The minimum Gasteiger partial charge on any atom is -0.306 e. The van der Waals surface area contributed by atoms with Crippen molar-refractivity contribution in [3.63, 3.8) is 0 Å². The number of nitrogens with zero attached hydrogens (tertiary/aromatic N) is 1. The highest BCUT2D eigenvalue weighted by Crippen LogP contribution is 2.35. The van der Waals surface area contributed by atoms with Crippen molar-refractivity contribution in [2.45, 2.75) is 44.6 Å². The average molecular weight is 398 g/mol. The Labute approximate surface area is 177 Å². The van der Waals surface area contributed by atoms with E-state index in [-0.39, 0.29) is 6.03 Å². The Morgan fingerprint density at radius 1 is 0.867 bits per heavy atom. The van der Waals surface area contributed by atoms with Crippen molar-refractivity contribution in [1.29, 1.82) is 0 Å². The Morgan fingerprint density at radius 2 is 1.60 bits per heavy atom. The number of para-hydroxylation sites is 1. The third-order valence-corrected chi connectivity index (χ3v) is 6.30. The Morgan fingerprint density at radius 3 is 2.37 bits per heavy atom. The van der Waals surface area contributed by atoms with Gasteiger partial charge in [0.2, 0.25) is 0 Å². The van der Waals surface area contributed by atoms with Crippen LogP contribution in [-0.4, -0.2) is 6.03 Å². The Hall–Kier alpha value is -3.11. The molecule has 4 heteroatoms. The van der Waals surface area contributed by atoms with Crippen LogP contribution < -0.4 is 15.8 Å². The molecule has 3 aromatic carbocycles. The quantitative estimate of drug-likeness (QED) is 0.533. The summed E-state index contributed by atoms with van der Waals surface area (Å²) in [5.74, 6) is 0.730. The van der Waals surface area contributed by atoms with Crippen LogP contribution in [0.1, 0.15) is 49.1 Å². The standard InChI is InChI=1S/C26H27N3O/c30-26(28-24-9-5-2-6-10-24)29-25-16-15-22(17-23(25)18-27-29)21-13-11-20(12-14-21)19-7-3-1-4-8-19/h2,5-6,9-17,19,27H,1,3-4,7-8,18H2,(H,28,30). The number of benzene rings is 3. The van der Waals surface area contributed by atoms with Crippen LogP contribution in [0.15, 0.2) is 72.8 Å². The molecule has 1 aliphatic heterocycles.